The van der Waals surface area contributed by atoms with Gasteiger partial charge in [-0.2, -0.15) is 26.3 Å². The van der Waals surface area contributed by atoms with E-state index in [2.05, 4.69) is 382 Å². The lowest BCUT2D eigenvalue weighted by Gasteiger charge is -2.23. The number of hydrogen-bond donors (Lipinski definition) is 4. The predicted octanol–water partition coefficient (Wildman–Crippen LogP) is 36.3. The molecule has 4 heterocycles. The van der Waals surface area contributed by atoms with Crippen LogP contribution in [0, 0.1) is 5.82 Å². The van der Waals surface area contributed by atoms with Gasteiger partial charge in [0, 0.05) is 111 Å². The highest BCUT2D eigenvalue weighted by Gasteiger charge is 2.32. The highest BCUT2D eigenvalue weighted by atomic mass is 19.4. The number of alkyl halides is 6. The number of halogens is 7. The Hall–Kier alpha value is -17.7. The summed E-state index contributed by atoms with van der Waals surface area (Å²) >= 11 is 0. The molecule has 4 aromatic heterocycles. The fourth-order valence-corrected chi connectivity index (χ4v) is 19.0. The third kappa shape index (κ3) is 19.0. The maximum Gasteiger partial charge on any atom is 0.416 e. The van der Waals surface area contributed by atoms with E-state index in [9.17, 15) is 30.7 Å². The van der Waals surface area contributed by atoms with Gasteiger partial charge in [-0.3, -0.25) is 0 Å². The fraction of sp³-hybridized carbons (Fsp3) is 0.0476. The zero-order valence-electron chi connectivity index (χ0n) is 77.1. The molecule has 0 radical (unpaired) electrons. The molecule has 0 spiro atoms. The number of fused-ring (bicyclic) bond motifs is 12. The van der Waals surface area contributed by atoms with Crippen molar-refractivity contribution in [2.75, 3.05) is 21.3 Å². The Morgan fingerprint density at radius 3 is 0.738 bits per heavy atom. The van der Waals surface area contributed by atoms with E-state index < -0.39 is 23.5 Å². The van der Waals surface area contributed by atoms with Crippen LogP contribution >= 0.6 is 0 Å². The summed E-state index contributed by atoms with van der Waals surface area (Å²) in [6.07, 6.45) is -8.71. The van der Waals surface area contributed by atoms with Crippen LogP contribution in [0.3, 0.4) is 0 Å². The van der Waals surface area contributed by atoms with Crippen molar-refractivity contribution in [3.63, 3.8) is 0 Å². The minimum absolute atomic E-state index is 0.0812. The van der Waals surface area contributed by atoms with E-state index in [1.807, 2.05) is 91.0 Å². The molecule has 0 bridgehead atoms. The smallest absolute Gasteiger partial charge is 0.356 e. The van der Waals surface area contributed by atoms with Crippen molar-refractivity contribution >= 4 is 133 Å². The number of hydrogen-bond acceptors (Lipinski definition) is 4. The standard InChI is InChI=1S/C34H30N2.2C31H21F3N2.C30H21FN2/c1-34(2,3)30-14-8-9-15-31(30)35-26-20-17-24(18-21-26)25-19-22-33-29(23-25)28-13-7-10-16-32(28)36(33)27-11-5-4-6-12-27;32-31(33,34)23-7-6-8-25(20-23)35-24-16-13-21(14-17-24)22-15-18-30-28(19-22)27-11-4-5-12-29(27)36(30)26-9-2-1-3-10-26;32-31(33,34)23-13-17-25(18-14-23)35-24-15-10-21(11-16-24)22-12-19-30-28(20-22)27-8-4-5-9-29(27)36(30)26-6-2-1-3-7-26;31-23-13-17-25(18-14-23)32-24-15-10-21(11-16-24)22-12-19-30-28(20-22)27-8-4-5-9-29(27)33(30)26-6-2-1-3-7-26/h4-23,35H,1-3H3;2*1-20,35H;1-20,32H. The second-order valence-electron chi connectivity index (χ2n) is 35.9. The van der Waals surface area contributed by atoms with Crippen molar-refractivity contribution in [3.8, 4) is 67.3 Å². The van der Waals surface area contributed by atoms with Gasteiger partial charge in [-0.25, -0.2) is 4.39 Å². The molecule has 0 fully saturated rings. The molecule has 0 saturated carbocycles. The molecule has 0 aliphatic heterocycles. The van der Waals surface area contributed by atoms with Crippen molar-refractivity contribution in [3.05, 3.63) is 508 Å². The Labute approximate surface area is 811 Å². The monoisotopic (exact) mass is 1850 g/mol. The second-order valence-corrected chi connectivity index (χ2v) is 35.9. The van der Waals surface area contributed by atoms with Crippen LogP contribution in [0.1, 0.15) is 37.5 Å². The lowest BCUT2D eigenvalue weighted by atomic mass is 9.86. The number of benzene rings is 20. The maximum atomic E-state index is 13.1. The first kappa shape index (κ1) is 89.8. The van der Waals surface area contributed by atoms with Crippen molar-refractivity contribution in [1.29, 1.82) is 0 Å². The van der Waals surface area contributed by atoms with Gasteiger partial charge < -0.3 is 39.5 Å². The third-order valence-electron chi connectivity index (χ3n) is 25.7. The predicted molar refractivity (Wildman–Crippen MR) is 572 cm³/mol. The quantitative estimate of drug-likeness (QED) is 0.0728. The molecule has 0 unspecified atom stereocenters. The number of aromatic nitrogens is 4. The molecule has 0 saturated heterocycles. The van der Waals surface area contributed by atoms with Gasteiger partial charge in [0.1, 0.15) is 5.82 Å². The van der Waals surface area contributed by atoms with Gasteiger partial charge in [0.15, 0.2) is 0 Å². The van der Waals surface area contributed by atoms with E-state index in [0.717, 1.165) is 131 Å². The molecule has 20 aromatic carbocycles. The fourth-order valence-electron chi connectivity index (χ4n) is 19.0. The Bertz CT molecular complexity index is 8610. The van der Waals surface area contributed by atoms with Gasteiger partial charge in [0.05, 0.1) is 55.3 Å². The van der Waals surface area contributed by atoms with Crippen LogP contribution < -0.4 is 21.3 Å². The van der Waals surface area contributed by atoms with Gasteiger partial charge in [0.25, 0.3) is 0 Å². The average molecular weight is 1850 g/mol. The molecule has 0 atom stereocenters. The summed E-state index contributed by atoms with van der Waals surface area (Å²) in [6, 6.07) is 160. The van der Waals surface area contributed by atoms with Gasteiger partial charge >= 0.3 is 12.4 Å². The molecule has 24 aromatic rings. The largest absolute Gasteiger partial charge is 0.416 e. The maximum absolute atomic E-state index is 13.1. The van der Waals surface area contributed by atoms with E-state index in [1.54, 1.807) is 18.2 Å². The number of nitrogens with zero attached hydrogens (tertiary/aromatic N) is 4. The number of para-hydroxylation sites is 9. The first-order chi connectivity index (χ1) is 68.7. The highest BCUT2D eigenvalue weighted by molar-refractivity contribution is 6.14. The normalized spacial score (nSPS) is 11.6. The molecule has 0 aliphatic carbocycles. The van der Waals surface area contributed by atoms with Crippen molar-refractivity contribution < 1.29 is 30.7 Å². The number of anilines is 8. The van der Waals surface area contributed by atoms with Crippen LogP contribution in [-0.4, -0.2) is 18.3 Å². The van der Waals surface area contributed by atoms with Gasteiger partial charge in [0.2, 0.25) is 0 Å². The van der Waals surface area contributed by atoms with E-state index >= 15 is 0 Å². The molecule has 686 valence electrons. The van der Waals surface area contributed by atoms with E-state index in [4.69, 9.17) is 0 Å². The topological polar surface area (TPSA) is 67.8 Å². The van der Waals surface area contributed by atoms with Crippen LogP contribution in [0.15, 0.2) is 485 Å². The zero-order valence-corrected chi connectivity index (χ0v) is 77.1. The molecule has 24 rings (SSSR count). The molecular weight excluding hydrogens is 1760 g/mol. The molecule has 141 heavy (non-hydrogen) atoms. The molecule has 8 nitrogen and oxygen atoms in total. The lowest BCUT2D eigenvalue weighted by molar-refractivity contribution is -0.138. The highest BCUT2D eigenvalue weighted by Crippen LogP contribution is 2.44. The Kier molecular flexibility index (Phi) is 24.5. The third-order valence-corrected chi connectivity index (χ3v) is 25.7. The van der Waals surface area contributed by atoms with E-state index in [0.29, 0.717) is 11.4 Å². The number of rotatable bonds is 16. The molecule has 0 aliphatic rings. The summed E-state index contributed by atoms with van der Waals surface area (Å²) < 4.78 is 99.9. The Morgan fingerprint density at radius 2 is 0.433 bits per heavy atom. The molecule has 15 heteroatoms. The van der Waals surface area contributed by atoms with Gasteiger partial charge in [-0.05, 0) is 298 Å². The van der Waals surface area contributed by atoms with Crippen molar-refractivity contribution in [2.45, 2.75) is 38.5 Å². The minimum atomic E-state index is -4.37. The van der Waals surface area contributed by atoms with Crippen LogP contribution in [0.25, 0.3) is 154 Å². The molecule has 4 N–H and O–H groups in total. The number of nitrogens with one attached hydrogen (secondary N) is 4. The first-order valence-electron chi connectivity index (χ1n) is 46.7. The average Bonchev–Trinajstić information content (AvgIpc) is 1.61. The summed E-state index contributed by atoms with van der Waals surface area (Å²) in [5.41, 5.74) is 29.7. The van der Waals surface area contributed by atoms with Gasteiger partial charge in [-0.15, -0.1) is 0 Å². The summed E-state index contributed by atoms with van der Waals surface area (Å²) in [7, 11) is 0. The van der Waals surface area contributed by atoms with Crippen LogP contribution in [0.2, 0.25) is 0 Å². The van der Waals surface area contributed by atoms with Crippen molar-refractivity contribution in [1.82, 2.24) is 18.3 Å². The molecule has 0 amide bonds. The zero-order chi connectivity index (χ0) is 96.3. The Balaban J connectivity index is 0.000000111. The van der Waals surface area contributed by atoms with E-state index in [1.165, 1.54) is 118 Å². The summed E-state index contributed by atoms with van der Waals surface area (Å²) in [4.78, 5) is 0. The second kappa shape index (κ2) is 38.5. The van der Waals surface area contributed by atoms with E-state index in [-0.39, 0.29) is 11.2 Å². The van der Waals surface area contributed by atoms with Crippen LogP contribution in [0.4, 0.5) is 76.2 Å². The summed E-state index contributed by atoms with van der Waals surface area (Å²) in [6.45, 7) is 6.75. The lowest BCUT2D eigenvalue weighted by Crippen LogP contribution is -2.13. The summed E-state index contributed by atoms with van der Waals surface area (Å²) in [5.74, 6) is -0.236. The Morgan fingerprint density at radius 1 is 0.184 bits per heavy atom. The van der Waals surface area contributed by atoms with Crippen LogP contribution in [-0.2, 0) is 17.8 Å². The van der Waals surface area contributed by atoms with Crippen LogP contribution in [0.5, 0.6) is 0 Å². The minimum Gasteiger partial charge on any atom is -0.356 e. The van der Waals surface area contributed by atoms with Gasteiger partial charge in [-0.1, -0.05) is 263 Å². The first-order valence-corrected chi connectivity index (χ1v) is 46.7. The summed E-state index contributed by atoms with van der Waals surface area (Å²) in [5, 5.41) is 22.9. The van der Waals surface area contributed by atoms with Crippen molar-refractivity contribution in [2.24, 2.45) is 0 Å². The SMILES string of the molecule is CC(C)(C)c1ccccc1Nc1ccc(-c2ccc3c(c2)c2ccccc2n3-c2ccccc2)cc1.FC(F)(F)c1ccc(Nc2ccc(-c3ccc4c(c3)c3ccccc3n4-c3ccccc3)cc2)cc1.FC(F)(F)c1cccc(Nc2ccc(-c3ccc4c(c3)c3ccccc3n4-c3ccccc3)cc2)c1.Fc1ccc(Nc2ccc(-c3ccc4c(c3)c3ccccc3n4-c3ccccc3)cc2)cc1. The molecular formula is C126H93F7N8.